The Morgan fingerprint density at radius 1 is 1.34 bits per heavy atom. The highest BCUT2D eigenvalue weighted by Crippen LogP contribution is 2.41. The van der Waals surface area contributed by atoms with Crippen LogP contribution in [-0.4, -0.2) is 36.9 Å². The molecule has 5 nitrogen and oxygen atoms in total. The Morgan fingerprint density at radius 2 is 2.00 bits per heavy atom. The number of ether oxygens (including phenoxy) is 1. The fourth-order valence-electron chi connectivity index (χ4n) is 3.40. The predicted octanol–water partition coefficient (Wildman–Crippen LogP) is 4.75. The number of hydrogen-bond donors (Lipinski definition) is 1. The number of aromatic amines is 1. The van der Waals surface area contributed by atoms with E-state index >= 15 is 0 Å². The Labute approximate surface area is 170 Å². The Kier molecular flexibility index (Phi) is 5.99. The van der Waals surface area contributed by atoms with E-state index in [-0.39, 0.29) is 28.7 Å². The van der Waals surface area contributed by atoms with Crippen LogP contribution in [0.2, 0.25) is 5.02 Å². The number of imidazole rings is 1. The van der Waals surface area contributed by atoms with Crippen LogP contribution in [-0.2, 0) is 14.6 Å². The predicted molar refractivity (Wildman–Crippen MR) is 98.0 cm³/mol. The number of rotatable bonds is 6. The Hall–Kier alpha value is -1.65. The summed E-state index contributed by atoms with van der Waals surface area (Å²) in [6, 6.07) is 3.87. The number of sulfone groups is 1. The van der Waals surface area contributed by atoms with Gasteiger partial charge in [-0.25, -0.2) is 17.8 Å². The molecule has 29 heavy (non-hydrogen) atoms. The van der Waals surface area contributed by atoms with Gasteiger partial charge in [0.05, 0.1) is 16.8 Å². The molecule has 1 aromatic carbocycles. The lowest BCUT2D eigenvalue weighted by Crippen LogP contribution is -2.35. The summed E-state index contributed by atoms with van der Waals surface area (Å²) < 4.78 is 80.9. The molecule has 11 heteroatoms. The highest BCUT2D eigenvalue weighted by atomic mass is 35.5. The molecule has 0 spiro atoms. The van der Waals surface area contributed by atoms with Crippen molar-refractivity contribution in [2.45, 2.75) is 49.6 Å². The van der Waals surface area contributed by atoms with Crippen LogP contribution in [0.15, 0.2) is 23.2 Å². The summed E-state index contributed by atoms with van der Waals surface area (Å²) in [7, 11) is -3.60. The molecule has 1 fully saturated rings. The minimum Gasteiger partial charge on any atom is -0.362 e. The van der Waals surface area contributed by atoms with E-state index in [1.807, 2.05) is 0 Å². The van der Waals surface area contributed by atoms with Gasteiger partial charge in [-0.2, -0.15) is 13.2 Å². The monoisotopic (exact) mass is 454 g/mol. The van der Waals surface area contributed by atoms with Crippen LogP contribution in [0.1, 0.15) is 42.4 Å². The van der Waals surface area contributed by atoms with Crippen LogP contribution >= 0.6 is 11.6 Å². The summed E-state index contributed by atoms with van der Waals surface area (Å²) in [4.78, 5) is 6.97. The van der Waals surface area contributed by atoms with E-state index in [1.54, 1.807) is 0 Å². The number of aryl methyl sites for hydroxylation is 1. The quantitative estimate of drug-likeness (QED) is 0.639. The number of alkyl halides is 3. The minimum absolute atomic E-state index is 0.155. The second kappa shape index (κ2) is 7.88. The van der Waals surface area contributed by atoms with E-state index in [2.05, 4.69) is 9.97 Å². The second-order valence-corrected chi connectivity index (χ2v) is 9.63. The largest absolute Gasteiger partial charge is 0.389 e. The van der Waals surface area contributed by atoms with E-state index in [0.29, 0.717) is 11.3 Å². The summed E-state index contributed by atoms with van der Waals surface area (Å²) in [5, 5.41) is -0.316. The number of nitrogens with one attached hydrogen (secondary N) is 1. The second-order valence-electron chi connectivity index (χ2n) is 7.29. The average Bonchev–Trinajstić information content (AvgIpc) is 2.93. The molecule has 1 heterocycles. The van der Waals surface area contributed by atoms with Gasteiger partial charge in [-0.15, -0.1) is 0 Å². The number of benzene rings is 1. The van der Waals surface area contributed by atoms with E-state index < -0.39 is 46.4 Å². The molecule has 0 saturated heterocycles. The first-order valence-electron chi connectivity index (χ1n) is 8.77. The zero-order valence-electron chi connectivity index (χ0n) is 15.6. The van der Waals surface area contributed by atoms with Crippen molar-refractivity contribution < 1.29 is 30.7 Å². The highest BCUT2D eigenvalue weighted by Gasteiger charge is 2.41. The molecular weight excluding hydrogens is 436 g/mol. The van der Waals surface area contributed by atoms with Gasteiger partial charge < -0.3 is 9.72 Å². The molecule has 1 aromatic heterocycles. The zero-order chi connectivity index (χ0) is 21.6. The fourth-order valence-corrected chi connectivity index (χ4v) is 4.46. The summed E-state index contributed by atoms with van der Waals surface area (Å²) in [6.45, 7) is 1.53. The highest BCUT2D eigenvalue weighted by molar-refractivity contribution is 7.90. The third-order valence-corrected chi connectivity index (χ3v) is 6.14. The van der Waals surface area contributed by atoms with Crippen LogP contribution in [0.25, 0.3) is 0 Å². The summed E-state index contributed by atoms with van der Waals surface area (Å²) in [5.41, 5.74) is 0.706. The molecule has 0 radical (unpaired) electrons. The molecule has 2 aromatic rings. The van der Waals surface area contributed by atoms with Gasteiger partial charge in [-0.1, -0.05) is 17.7 Å². The standard InChI is InChI=1S/C18H19ClF4N2O3S/c1-9-17(29(2,26)27)25-16(24-9)15(11-3-4-14(20)13(19)7-11)28-12-5-10(6-12)8-18(21,22)23/h3-4,7,10,12,15H,5-6,8H2,1-2H3,(H,24,25). The lowest BCUT2D eigenvalue weighted by Gasteiger charge is -2.37. The number of halogens is 5. The number of H-pyrrole nitrogens is 1. The normalized spacial score (nSPS) is 21.1. The first kappa shape index (κ1) is 22.0. The maximum absolute atomic E-state index is 13.6. The van der Waals surface area contributed by atoms with Crippen molar-refractivity contribution in [2.75, 3.05) is 6.26 Å². The molecule has 3 rings (SSSR count). The summed E-state index contributed by atoms with van der Waals surface area (Å²) in [5.74, 6) is -1.01. The first-order chi connectivity index (χ1) is 13.3. The van der Waals surface area contributed by atoms with Crippen molar-refractivity contribution in [2.24, 2.45) is 5.92 Å². The maximum Gasteiger partial charge on any atom is 0.389 e. The number of nitrogens with zero attached hydrogens (tertiary/aromatic N) is 1. The van der Waals surface area contributed by atoms with Crippen molar-refractivity contribution in [1.29, 1.82) is 0 Å². The van der Waals surface area contributed by atoms with Crippen molar-refractivity contribution in [1.82, 2.24) is 9.97 Å². The molecule has 0 aliphatic heterocycles. The van der Waals surface area contributed by atoms with Gasteiger partial charge in [-0.05, 0) is 43.4 Å². The van der Waals surface area contributed by atoms with Crippen LogP contribution in [0.5, 0.6) is 0 Å². The molecule has 160 valence electrons. The summed E-state index contributed by atoms with van der Waals surface area (Å²) >= 11 is 5.85. The Balaban J connectivity index is 1.87. The third-order valence-electron chi connectivity index (χ3n) is 4.75. The molecule has 1 N–H and O–H groups in total. The molecule has 0 amide bonds. The van der Waals surface area contributed by atoms with Gasteiger partial charge in [0.2, 0.25) is 0 Å². The zero-order valence-corrected chi connectivity index (χ0v) is 17.1. The topological polar surface area (TPSA) is 72.0 Å². The maximum atomic E-state index is 13.6. The third kappa shape index (κ3) is 5.29. The molecule has 1 aliphatic carbocycles. The van der Waals surface area contributed by atoms with Gasteiger partial charge in [0.1, 0.15) is 17.7 Å². The van der Waals surface area contributed by atoms with Gasteiger partial charge in [0.15, 0.2) is 14.9 Å². The number of aromatic nitrogens is 2. The van der Waals surface area contributed by atoms with Crippen LogP contribution in [0.3, 0.4) is 0 Å². The molecule has 1 saturated carbocycles. The van der Waals surface area contributed by atoms with Gasteiger partial charge in [0.25, 0.3) is 0 Å². The fraction of sp³-hybridized carbons (Fsp3) is 0.500. The van der Waals surface area contributed by atoms with Gasteiger partial charge in [0, 0.05) is 12.7 Å². The Morgan fingerprint density at radius 3 is 2.52 bits per heavy atom. The molecule has 1 atom stereocenters. The first-order valence-corrected chi connectivity index (χ1v) is 11.0. The van der Waals surface area contributed by atoms with Crippen molar-refractivity contribution in [3.8, 4) is 0 Å². The van der Waals surface area contributed by atoms with E-state index in [1.165, 1.54) is 19.1 Å². The van der Waals surface area contributed by atoms with E-state index in [9.17, 15) is 26.0 Å². The van der Waals surface area contributed by atoms with E-state index in [0.717, 1.165) is 12.3 Å². The Bertz CT molecular complexity index is 1000. The van der Waals surface area contributed by atoms with E-state index in [4.69, 9.17) is 16.3 Å². The van der Waals surface area contributed by atoms with Crippen molar-refractivity contribution in [3.63, 3.8) is 0 Å². The average molecular weight is 455 g/mol. The smallest absolute Gasteiger partial charge is 0.362 e. The van der Waals surface area contributed by atoms with Crippen LogP contribution in [0, 0.1) is 18.7 Å². The molecular formula is C18H19ClF4N2O3S. The lowest BCUT2D eigenvalue weighted by molar-refractivity contribution is -0.165. The number of hydrogen-bond acceptors (Lipinski definition) is 4. The van der Waals surface area contributed by atoms with Crippen LogP contribution in [0.4, 0.5) is 17.6 Å². The van der Waals surface area contributed by atoms with Crippen molar-refractivity contribution >= 4 is 21.4 Å². The minimum atomic E-state index is -4.23. The lowest BCUT2D eigenvalue weighted by atomic mass is 9.79. The van der Waals surface area contributed by atoms with Crippen LogP contribution < -0.4 is 0 Å². The van der Waals surface area contributed by atoms with Crippen molar-refractivity contribution in [3.05, 3.63) is 46.1 Å². The summed E-state index contributed by atoms with van der Waals surface area (Å²) in [6.07, 6.45) is -5.08. The van der Waals surface area contributed by atoms with Gasteiger partial charge >= 0.3 is 6.18 Å². The molecule has 1 aliphatic rings. The van der Waals surface area contributed by atoms with Gasteiger partial charge in [-0.3, -0.25) is 0 Å². The SMILES string of the molecule is Cc1[nH]c(C(OC2CC(CC(F)(F)F)C2)c2ccc(F)c(Cl)c2)nc1S(C)(=O)=O. The molecule has 1 unspecified atom stereocenters. The molecule has 0 bridgehead atoms.